The molecule has 3 aliphatic heterocycles. The number of carbonyl (C=O) groups is 1. The van der Waals surface area contributed by atoms with Gasteiger partial charge in [-0.05, 0) is 43.7 Å². The molecule has 50 heavy (non-hydrogen) atoms. The zero-order valence-corrected chi connectivity index (χ0v) is 27.7. The van der Waals surface area contributed by atoms with Crippen molar-refractivity contribution in [1.29, 1.82) is 0 Å². The molecule has 13 nitrogen and oxygen atoms in total. The van der Waals surface area contributed by atoms with Crippen LogP contribution >= 0.6 is 0 Å². The molecular weight excluding hydrogens is 639 g/mol. The third-order valence-electron chi connectivity index (χ3n) is 10.00. The Labute approximate surface area is 286 Å². The van der Waals surface area contributed by atoms with Crippen molar-refractivity contribution in [3.63, 3.8) is 0 Å². The van der Waals surface area contributed by atoms with Crippen LogP contribution in [-0.2, 0) is 16.1 Å². The number of nitrogens with zero attached hydrogens (tertiary/aromatic N) is 9. The molecule has 0 unspecified atom stereocenters. The van der Waals surface area contributed by atoms with E-state index in [2.05, 4.69) is 30.9 Å². The highest BCUT2D eigenvalue weighted by molar-refractivity contribution is 5.94. The van der Waals surface area contributed by atoms with E-state index in [-0.39, 0.29) is 17.9 Å². The number of anilines is 2. The molecule has 1 amide bonds. The Morgan fingerprint density at radius 1 is 1.04 bits per heavy atom. The Balaban J connectivity index is 1.15. The molecule has 7 heterocycles. The lowest BCUT2D eigenvalue weighted by atomic mass is 10.1. The van der Waals surface area contributed by atoms with Crippen LogP contribution in [-0.4, -0.2) is 97.1 Å². The predicted octanol–water partition coefficient (Wildman–Crippen LogP) is 4.23. The minimum Gasteiger partial charge on any atom is -0.494 e. The molecule has 3 atom stereocenters. The Hall–Kier alpha value is -5.63. The number of nitrogens with one attached hydrogen (secondary N) is 1. The number of imidazole rings is 1. The van der Waals surface area contributed by atoms with Crippen LogP contribution in [0.25, 0.3) is 39.0 Å². The first-order valence-electron chi connectivity index (χ1n) is 16.8. The average molecular weight is 675 g/mol. The number of amides is 1. The molecule has 9 rings (SSSR count). The van der Waals surface area contributed by atoms with Gasteiger partial charge in [0.1, 0.15) is 47.1 Å². The molecule has 2 saturated heterocycles. The highest BCUT2D eigenvalue weighted by Crippen LogP contribution is 2.35. The van der Waals surface area contributed by atoms with E-state index in [4.69, 9.17) is 24.4 Å². The minimum absolute atomic E-state index is 0.0219. The third-order valence-corrected chi connectivity index (χ3v) is 10.00. The lowest BCUT2D eigenvalue weighted by Gasteiger charge is -2.31. The maximum absolute atomic E-state index is 14.7. The molecule has 2 aromatic carbocycles. The molecule has 6 bridgehead atoms. The molecule has 6 aromatic rings. The number of methoxy groups -OCH3 is 1. The Morgan fingerprint density at radius 2 is 1.94 bits per heavy atom. The molecule has 0 radical (unpaired) electrons. The Bertz CT molecular complexity index is 2270. The monoisotopic (exact) mass is 674 g/mol. The highest BCUT2D eigenvalue weighted by Gasteiger charge is 2.42. The topological polar surface area (TPSA) is 128 Å². The number of ether oxygens (including phenoxy) is 2. The van der Waals surface area contributed by atoms with Gasteiger partial charge in [0.25, 0.3) is 0 Å². The zero-order chi connectivity index (χ0) is 33.9. The molecule has 0 spiro atoms. The molecule has 4 aromatic heterocycles. The first kappa shape index (κ1) is 30.4. The van der Waals surface area contributed by atoms with Crippen LogP contribution in [0.2, 0.25) is 0 Å². The standard InChI is InChI=1S/C36H35FN10O3/c1-21-41-28-7-3-5-25-27-6-4-8-32(43-27)42-24-14-30(36(48)44-11-12-50-19-22(16-44)17-45(21)33(25)28)46(18-24)34-26-15-40-47(35(26)39-20-38-34)29-10-9-23(37)13-31(29)49-2/h3-10,13,15,20,22,24,30H,11-12,14,16-19H2,1-2H3,(H,42,43)/t22-,24+,30+/m1/s1. The summed E-state index contributed by atoms with van der Waals surface area (Å²) in [7, 11) is 1.49. The second-order valence-electron chi connectivity index (χ2n) is 13.1. The van der Waals surface area contributed by atoms with E-state index in [9.17, 15) is 9.18 Å². The first-order chi connectivity index (χ1) is 24.4. The lowest BCUT2D eigenvalue weighted by molar-refractivity contribution is -0.132. The zero-order valence-electron chi connectivity index (χ0n) is 27.7. The van der Waals surface area contributed by atoms with Crippen LogP contribution in [0, 0.1) is 18.7 Å². The van der Waals surface area contributed by atoms with E-state index < -0.39 is 11.9 Å². The van der Waals surface area contributed by atoms with Gasteiger partial charge in [-0.3, -0.25) is 4.79 Å². The number of para-hydroxylation sites is 1. The summed E-state index contributed by atoms with van der Waals surface area (Å²) in [6.45, 7) is 5.22. The number of aromatic nitrogens is 7. The van der Waals surface area contributed by atoms with Crippen LogP contribution in [0.15, 0.2) is 67.1 Å². The smallest absolute Gasteiger partial charge is 0.245 e. The number of hydrogen-bond donors (Lipinski definition) is 1. The lowest BCUT2D eigenvalue weighted by Crippen LogP contribution is -2.48. The van der Waals surface area contributed by atoms with E-state index >= 15 is 0 Å². The van der Waals surface area contributed by atoms with Crippen molar-refractivity contribution in [3.05, 3.63) is 78.8 Å². The molecule has 0 aliphatic carbocycles. The fourth-order valence-electron chi connectivity index (χ4n) is 7.74. The fraction of sp³-hybridized carbons (Fsp3) is 0.333. The summed E-state index contributed by atoms with van der Waals surface area (Å²) in [6.07, 6.45) is 3.71. The van der Waals surface area contributed by atoms with E-state index in [0.29, 0.717) is 74.1 Å². The average Bonchev–Trinajstić information content (AvgIpc) is 3.78. The molecule has 2 fully saturated rings. The van der Waals surface area contributed by atoms with Crippen molar-refractivity contribution < 1.29 is 18.7 Å². The van der Waals surface area contributed by atoms with Gasteiger partial charge in [0.2, 0.25) is 5.91 Å². The van der Waals surface area contributed by atoms with Gasteiger partial charge in [-0.2, -0.15) is 5.10 Å². The van der Waals surface area contributed by atoms with Crippen LogP contribution in [0.4, 0.5) is 16.0 Å². The minimum atomic E-state index is -0.514. The molecule has 14 heteroatoms. The van der Waals surface area contributed by atoms with Gasteiger partial charge in [-0.1, -0.05) is 18.2 Å². The van der Waals surface area contributed by atoms with E-state index in [1.165, 1.54) is 25.6 Å². The maximum atomic E-state index is 14.7. The van der Waals surface area contributed by atoms with Gasteiger partial charge in [0, 0.05) is 49.8 Å². The molecule has 3 aliphatic rings. The fourth-order valence-corrected chi connectivity index (χ4v) is 7.74. The maximum Gasteiger partial charge on any atom is 0.245 e. The summed E-state index contributed by atoms with van der Waals surface area (Å²) in [5.74, 6) is 2.21. The quantitative estimate of drug-likeness (QED) is 0.291. The summed E-state index contributed by atoms with van der Waals surface area (Å²) in [5.41, 5.74) is 4.86. The van der Waals surface area contributed by atoms with Crippen LogP contribution in [0.5, 0.6) is 5.75 Å². The number of carbonyl (C=O) groups excluding carboxylic acids is 1. The SMILES string of the molecule is COc1cc(F)ccc1-n1ncc2c(N3C[C@@H]4C[C@H]3C(=O)N3CCOC[C@H](C3)Cn3c(C)nc5cccc(c53)-c3cccc(n3)N4)ncnc21. The number of benzene rings is 2. The summed E-state index contributed by atoms with van der Waals surface area (Å²) in [4.78, 5) is 38.0. The molecule has 254 valence electrons. The van der Waals surface area contributed by atoms with Gasteiger partial charge in [-0.15, -0.1) is 0 Å². The number of rotatable bonds is 3. The largest absolute Gasteiger partial charge is 0.494 e. The van der Waals surface area contributed by atoms with Crippen molar-refractivity contribution in [1.82, 2.24) is 39.2 Å². The number of aryl methyl sites for hydroxylation is 1. The normalized spacial score (nSPS) is 20.8. The van der Waals surface area contributed by atoms with Gasteiger partial charge in [0.15, 0.2) is 5.65 Å². The van der Waals surface area contributed by atoms with Crippen molar-refractivity contribution in [2.75, 3.05) is 50.2 Å². The van der Waals surface area contributed by atoms with Gasteiger partial charge in [0.05, 0.1) is 48.6 Å². The van der Waals surface area contributed by atoms with Crippen LogP contribution in [0.1, 0.15) is 12.2 Å². The van der Waals surface area contributed by atoms with Crippen LogP contribution < -0.4 is 15.0 Å². The first-order valence-corrected chi connectivity index (χ1v) is 16.8. The second kappa shape index (κ2) is 12.1. The molecule has 1 N–H and O–H groups in total. The van der Waals surface area contributed by atoms with Crippen molar-refractivity contribution >= 4 is 39.6 Å². The Kier molecular flexibility index (Phi) is 7.34. The number of halogens is 1. The molecule has 0 saturated carbocycles. The molecular formula is C36H35FN10O3. The summed E-state index contributed by atoms with van der Waals surface area (Å²) in [5, 5.41) is 8.93. The van der Waals surface area contributed by atoms with Gasteiger partial charge in [-0.25, -0.2) is 29.0 Å². The highest BCUT2D eigenvalue weighted by atomic mass is 19.1. The van der Waals surface area contributed by atoms with Crippen molar-refractivity contribution in [2.45, 2.75) is 32.0 Å². The van der Waals surface area contributed by atoms with Crippen LogP contribution in [0.3, 0.4) is 0 Å². The predicted molar refractivity (Wildman–Crippen MR) is 185 cm³/mol. The van der Waals surface area contributed by atoms with E-state index in [1.807, 2.05) is 42.2 Å². The van der Waals surface area contributed by atoms with Gasteiger partial charge < -0.3 is 29.2 Å². The summed E-state index contributed by atoms with van der Waals surface area (Å²) >= 11 is 0. The van der Waals surface area contributed by atoms with Crippen molar-refractivity contribution in [3.8, 4) is 22.7 Å². The Morgan fingerprint density at radius 3 is 2.84 bits per heavy atom. The summed E-state index contributed by atoms with van der Waals surface area (Å²) in [6, 6.07) is 15.8. The van der Waals surface area contributed by atoms with E-state index in [0.717, 1.165) is 33.9 Å². The van der Waals surface area contributed by atoms with Gasteiger partial charge >= 0.3 is 0 Å². The van der Waals surface area contributed by atoms with Crippen molar-refractivity contribution in [2.24, 2.45) is 5.92 Å². The number of pyridine rings is 1. The summed E-state index contributed by atoms with van der Waals surface area (Å²) < 4.78 is 29.5. The number of fused-ring (bicyclic) bond motifs is 8. The second-order valence-corrected chi connectivity index (χ2v) is 13.1. The third kappa shape index (κ3) is 5.09. The number of hydrogen-bond acceptors (Lipinski definition) is 10. The van der Waals surface area contributed by atoms with E-state index in [1.54, 1.807) is 16.9 Å².